The van der Waals surface area contributed by atoms with Gasteiger partial charge in [0, 0.05) is 13.1 Å². The molecule has 74 heavy (non-hydrogen) atoms. The summed E-state index contributed by atoms with van der Waals surface area (Å²) in [7, 11) is 0. The number of thioether (sulfide) groups is 2. The number of amides is 9. The number of hydrogen-bond acceptors (Lipinski definition) is 17. The molecule has 0 saturated carbocycles. The number of likely N-dealkylation sites (tertiary alicyclic amines) is 1. The Kier molecular flexibility index (Phi) is 31.4. The number of carboxylic acids is 1. The number of aliphatic hydroxyl groups excluding tert-OH is 3. The lowest BCUT2D eigenvalue weighted by molar-refractivity contribution is -0.143. The summed E-state index contributed by atoms with van der Waals surface area (Å²) >= 11 is 2.72. The number of hydrogen-bond donors (Lipinski definition) is 15. The van der Waals surface area contributed by atoms with E-state index in [0.717, 1.165) is 0 Å². The molecule has 27 nitrogen and oxygen atoms in total. The van der Waals surface area contributed by atoms with Crippen LogP contribution in [0.3, 0.4) is 0 Å². The molecular weight excluding hydrogens is 1010 g/mol. The van der Waals surface area contributed by atoms with E-state index in [-0.39, 0.29) is 75.8 Å². The molecule has 1 saturated heterocycles. The average Bonchev–Trinajstić information content (AvgIpc) is 3.83. The summed E-state index contributed by atoms with van der Waals surface area (Å²) in [5, 5.41) is 59.4. The molecule has 29 heteroatoms. The molecule has 0 unspecified atom stereocenters. The molecule has 0 bridgehead atoms. The highest BCUT2D eigenvalue weighted by molar-refractivity contribution is 7.98. The van der Waals surface area contributed by atoms with Gasteiger partial charge in [0.1, 0.15) is 54.4 Å². The van der Waals surface area contributed by atoms with Crippen molar-refractivity contribution in [1.29, 1.82) is 0 Å². The first-order chi connectivity index (χ1) is 34.8. The van der Waals surface area contributed by atoms with Crippen molar-refractivity contribution in [3.63, 3.8) is 0 Å². The first-order valence-corrected chi connectivity index (χ1v) is 27.2. The minimum absolute atomic E-state index is 0.0155. The summed E-state index contributed by atoms with van der Waals surface area (Å²) in [5.74, 6) is -8.52. The third-order valence-electron chi connectivity index (χ3n) is 11.4. The van der Waals surface area contributed by atoms with Gasteiger partial charge in [-0.15, -0.1) is 0 Å². The number of guanidine groups is 1. The van der Waals surface area contributed by atoms with E-state index >= 15 is 0 Å². The van der Waals surface area contributed by atoms with Crippen molar-refractivity contribution in [2.24, 2.45) is 34.0 Å². The quantitative estimate of drug-likeness (QED) is 0.0160. The molecule has 1 heterocycles. The van der Waals surface area contributed by atoms with Crippen LogP contribution in [0, 0.1) is 11.8 Å². The molecular formula is C45H81N13O14S2. The van der Waals surface area contributed by atoms with Crippen LogP contribution in [0.25, 0.3) is 0 Å². The van der Waals surface area contributed by atoms with Gasteiger partial charge >= 0.3 is 5.97 Å². The highest BCUT2D eigenvalue weighted by Crippen LogP contribution is 2.21. The van der Waals surface area contributed by atoms with Crippen LogP contribution in [0.5, 0.6) is 0 Å². The van der Waals surface area contributed by atoms with E-state index in [1.165, 1.54) is 35.3 Å². The monoisotopic (exact) mass is 1090 g/mol. The molecule has 0 aromatic rings. The fraction of sp³-hybridized carbons (Fsp3) is 0.756. The van der Waals surface area contributed by atoms with Crippen LogP contribution in [-0.4, -0.2) is 208 Å². The molecule has 422 valence electrons. The molecule has 0 aliphatic carbocycles. The van der Waals surface area contributed by atoms with Gasteiger partial charge in [-0.1, -0.05) is 27.7 Å². The van der Waals surface area contributed by atoms with Gasteiger partial charge in [-0.3, -0.25) is 48.1 Å². The third kappa shape index (κ3) is 24.2. The number of aliphatic carboxylic acids is 1. The number of nitrogens with two attached hydrogens (primary N) is 3. The Balaban J connectivity index is 3.26. The van der Waals surface area contributed by atoms with Gasteiger partial charge < -0.3 is 85.1 Å². The highest BCUT2D eigenvalue weighted by atomic mass is 32.2. The lowest BCUT2D eigenvalue weighted by Gasteiger charge is -2.31. The van der Waals surface area contributed by atoms with E-state index in [1.54, 1.807) is 40.2 Å². The van der Waals surface area contributed by atoms with Crippen LogP contribution in [0.4, 0.5) is 0 Å². The third-order valence-corrected chi connectivity index (χ3v) is 12.7. The van der Waals surface area contributed by atoms with Crippen LogP contribution in [-0.2, 0) is 47.9 Å². The number of carbonyl (C=O) groups is 10. The Hall–Kier alpha value is -5.49. The Morgan fingerprint density at radius 2 is 1.16 bits per heavy atom. The van der Waals surface area contributed by atoms with E-state index in [4.69, 9.17) is 17.2 Å². The normalized spacial score (nSPS) is 16.9. The van der Waals surface area contributed by atoms with Crippen molar-refractivity contribution in [2.45, 2.75) is 146 Å². The first kappa shape index (κ1) is 66.5. The van der Waals surface area contributed by atoms with E-state index in [0.29, 0.717) is 17.9 Å². The highest BCUT2D eigenvalue weighted by Gasteiger charge is 2.41. The lowest BCUT2D eigenvalue weighted by atomic mass is 10.0. The summed E-state index contributed by atoms with van der Waals surface area (Å²) in [4.78, 5) is 138. The number of aliphatic hydroxyl groups is 3. The molecule has 1 fully saturated rings. The lowest BCUT2D eigenvalue weighted by Crippen LogP contribution is -2.62. The molecule has 18 N–H and O–H groups in total. The number of rotatable bonds is 35. The molecule has 1 aliphatic heterocycles. The van der Waals surface area contributed by atoms with Crippen molar-refractivity contribution >= 4 is 88.6 Å². The summed E-state index contributed by atoms with van der Waals surface area (Å²) < 4.78 is 0. The number of carbonyl (C=O) groups excluding carboxylic acids is 9. The topological polar surface area (TPSA) is 442 Å². The molecule has 9 amide bonds. The van der Waals surface area contributed by atoms with Gasteiger partial charge in [-0.05, 0) is 94.1 Å². The van der Waals surface area contributed by atoms with Crippen LogP contribution < -0.4 is 59.7 Å². The predicted octanol–water partition coefficient (Wildman–Crippen LogP) is -5.08. The maximum absolute atomic E-state index is 14.2. The van der Waals surface area contributed by atoms with Crippen molar-refractivity contribution in [3.8, 4) is 0 Å². The fourth-order valence-electron chi connectivity index (χ4n) is 7.49. The summed E-state index contributed by atoms with van der Waals surface area (Å²) in [6.45, 7) is 6.21. The van der Waals surface area contributed by atoms with Gasteiger partial charge in [0.05, 0.1) is 25.9 Å². The zero-order valence-corrected chi connectivity index (χ0v) is 45.0. The van der Waals surface area contributed by atoms with Gasteiger partial charge in [0.2, 0.25) is 53.2 Å². The number of nitrogens with zero attached hydrogens (tertiary/aromatic N) is 2. The second-order valence-corrected chi connectivity index (χ2v) is 20.6. The van der Waals surface area contributed by atoms with Crippen molar-refractivity contribution < 1.29 is 68.4 Å². The average molecular weight is 1090 g/mol. The maximum atomic E-state index is 14.2. The van der Waals surface area contributed by atoms with Gasteiger partial charge in [-0.25, -0.2) is 4.79 Å². The van der Waals surface area contributed by atoms with Crippen molar-refractivity contribution in [1.82, 2.24) is 47.4 Å². The minimum atomic E-state index is -1.66. The molecule has 0 aromatic carbocycles. The Bertz CT molecular complexity index is 1910. The SMILES string of the molecule is CSCC[C@H](NC(=O)[C@H](CC(C)C)NC(=O)[C@@H](NC(=O)[C@@H]1CCCN1C(=O)[C@H](CCSC)NC(=O)[C@H](CCCN=C(N)N)NC(=O)[C@@H](N)CO)[C@@H](C)O)C(=O)N[C@@H](CO)C(=O)NCC(=O)N[C@@H](CC(C)C)C(=O)O. The standard InChI is InChI=1S/C45H81N13O14S2/c1-23(2)18-30(40(67)53-28(12-16-73-6)39(66)56-32(22-60)37(64)50-20-34(62)51-31(44(71)72)19-24(3)4)55-42(69)35(25(5)61)57-41(68)33-11-9-15-58(33)43(70)29(13-17-74-7)54-38(65)27(10-8-14-49-45(47)48)52-36(63)26(46)21-59/h23-33,35,59-61H,8-22,46H2,1-7H3,(H,50,64)(H,51,62)(H,52,63)(H,53,67)(H,54,65)(H,55,69)(H,56,66)(H,57,68)(H,71,72)(H4,47,48,49)/t25-,26+,27+,28+,29+,30+,31+,32+,33+,35+/m1/s1. The van der Waals surface area contributed by atoms with E-state index in [9.17, 15) is 68.4 Å². The Morgan fingerprint density at radius 3 is 1.69 bits per heavy atom. The fourth-order valence-corrected chi connectivity index (χ4v) is 8.44. The van der Waals surface area contributed by atoms with Crippen LogP contribution in [0.15, 0.2) is 4.99 Å². The van der Waals surface area contributed by atoms with Crippen LogP contribution >= 0.6 is 23.5 Å². The number of carboxylic acid groups (broad SMARTS) is 1. The molecule has 1 rings (SSSR count). The van der Waals surface area contributed by atoms with Gasteiger partial charge in [0.25, 0.3) is 0 Å². The molecule has 0 aromatic heterocycles. The van der Waals surface area contributed by atoms with E-state index in [1.807, 2.05) is 0 Å². The Morgan fingerprint density at radius 1 is 0.649 bits per heavy atom. The number of aliphatic imine (C=N–C) groups is 1. The first-order valence-electron chi connectivity index (χ1n) is 24.4. The summed E-state index contributed by atoms with van der Waals surface area (Å²) in [6, 6.07) is -12.0. The largest absolute Gasteiger partial charge is 0.480 e. The minimum Gasteiger partial charge on any atom is -0.480 e. The second-order valence-electron chi connectivity index (χ2n) is 18.6. The molecule has 10 atom stereocenters. The summed E-state index contributed by atoms with van der Waals surface area (Å²) in [5.41, 5.74) is 16.5. The Labute approximate surface area is 440 Å². The van der Waals surface area contributed by atoms with Crippen LogP contribution in [0.1, 0.15) is 86.0 Å². The zero-order valence-electron chi connectivity index (χ0n) is 43.3. The zero-order chi connectivity index (χ0) is 56.2. The van der Waals surface area contributed by atoms with Crippen LogP contribution in [0.2, 0.25) is 0 Å². The molecule has 1 aliphatic rings. The predicted molar refractivity (Wildman–Crippen MR) is 278 cm³/mol. The van der Waals surface area contributed by atoms with Gasteiger partial charge in [0.15, 0.2) is 5.96 Å². The maximum Gasteiger partial charge on any atom is 0.326 e. The number of nitrogens with one attached hydrogen (secondary N) is 8. The van der Waals surface area contributed by atoms with Gasteiger partial charge in [-0.2, -0.15) is 23.5 Å². The van der Waals surface area contributed by atoms with Crippen molar-refractivity contribution in [2.75, 3.05) is 56.9 Å². The second kappa shape index (κ2) is 34.9. The molecule has 0 radical (unpaired) electrons. The smallest absolute Gasteiger partial charge is 0.326 e. The van der Waals surface area contributed by atoms with E-state index < -0.39 is 139 Å². The summed E-state index contributed by atoms with van der Waals surface area (Å²) in [6.07, 6.45) is 3.05. The van der Waals surface area contributed by atoms with Crippen molar-refractivity contribution in [3.05, 3.63) is 0 Å². The van der Waals surface area contributed by atoms with E-state index in [2.05, 4.69) is 47.5 Å². The molecule has 0 spiro atoms.